The minimum absolute atomic E-state index is 0.115. The lowest BCUT2D eigenvalue weighted by Crippen LogP contribution is -2.29. The summed E-state index contributed by atoms with van der Waals surface area (Å²) in [6.07, 6.45) is 1.00. The Morgan fingerprint density at radius 1 is 1.61 bits per heavy atom. The fourth-order valence-corrected chi connectivity index (χ4v) is 1.49. The van der Waals surface area contributed by atoms with E-state index >= 15 is 0 Å². The molecule has 0 saturated carbocycles. The zero-order chi connectivity index (χ0) is 13.7. The summed E-state index contributed by atoms with van der Waals surface area (Å²) >= 11 is 0. The molecule has 98 valence electrons. The molecule has 18 heavy (non-hydrogen) atoms. The standard InChI is InChI=1S/C10H13N3O5/c1-2-12(3-4-14)9-8(10(15)16)5-7(6-11-9)13(17)18/h5-6,14H,2-4H2,1H3,(H,15,16). The first-order valence-corrected chi connectivity index (χ1v) is 5.24. The summed E-state index contributed by atoms with van der Waals surface area (Å²) in [7, 11) is 0. The molecular formula is C10H13N3O5. The Kier molecular flexibility index (Phi) is 4.55. The van der Waals surface area contributed by atoms with Crippen molar-refractivity contribution >= 4 is 17.5 Å². The summed E-state index contributed by atoms with van der Waals surface area (Å²) in [4.78, 5) is 26.3. The van der Waals surface area contributed by atoms with Crippen LogP contribution in [0.3, 0.4) is 0 Å². The van der Waals surface area contributed by atoms with Crippen molar-refractivity contribution in [2.75, 3.05) is 24.6 Å². The Balaban J connectivity index is 3.26. The van der Waals surface area contributed by atoms with Crippen LogP contribution >= 0.6 is 0 Å². The Bertz CT molecular complexity index is 463. The third kappa shape index (κ3) is 2.92. The number of anilines is 1. The smallest absolute Gasteiger partial charge is 0.339 e. The van der Waals surface area contributed by atoms with Crippen LogP contribution in [0.4, 0.5) is 11.5 Å². The molecule has 0 amide bonds. The van der Waals surface area contributed by atoms with Crippen LogP contribution in [0, 0.1) is 10.1 Å². The number of nitro groups is 1. The lowest BCUT2D eigenvalue weighted by molar-refractivity contribution is -0.385. The second-order valence-electron chi connectivity index (χ2n) is 3.43. The van der Waals surface area contributed by atoms with E-state index in [4.69, 9.17) is 10.2 Å². The SMILES string of the molecule is CCN(CCO)c1ncc([N+](=O)[O-])cc1C(=O)O. The van der Waals surface area contributed by atoms with Crippen LogP contribution in [0.25, 0.3) is 0 Å². The van der Waals surface area contributed by atoms with E-state index in [1.165, 1.54) is 4.90 Å². The van der Waals surface area contributed by atoms with Gasteiger partial charge in [-0.25, -0.2) is 9.78 Å². The van der Waals surface area contributed by atoms with Crippen LogP contribution in [0.15, 0.2) is 12.3 Å². The Labute approximate surface area is 103 Å². The van der Waals surface area contributed by atoms with Crippen molar-refractivity contribution in [3.8, 4) is 0 Å². The predicted molar refractivity (Wildman–Crippen MR) is 62.8 cm³/mol. The highest BCUT2D eigenvalue weighted by Gasteiger charge is 2.20. The van der Waals surface area contributed by atoms with E-state index in [0.29, 0.717) is 6.54 Å². The van der Waals surface area contributed by atoms with Gasteiger partial charge in [0.2, 0.25) is 0 Å². The van der Waals surface area contributed by atoms with Crippen LogP contribution in [0.5, 0.6) is 0 Å². The number of aromatic carboxylic acids is 1. The summed E-state index contributed by atoms with van der Waals surface area (Å²) in [5, 5.41) is 28.5. The summed E-state index contributed by atoms with van der Waals surface area (Å²) in [5.74, 6) is -1.18. The molecule has 0 spiro atoms. The van der Waals surface area contributed by atoms with Gasteiger partial charge in [-0.2, -0.15) is 0 Å². The van der Waals surface area contributed by atoms with E-state index in [1.807, 2.05) is 0 Å². The summed E-state index contributed by atoms with van der Waals surface area (Å²) < 4.78 is 0. The van der Waals surface area contributed by atoms with Gasteiger partial charge in [0.05, 0.1) is 11.5 Å². The maximum atomic E-state index is 11.1. The van der Waals surface area contributed by atoms with Crippen molar-refractivity contribution < 1.29 is 19.9 Å². The molecule has 1 rings (SSSR count). The molecule has 1 heterocycles. The molecule has 1 aromatic heterocycles. The maximum Gasteiger partial charge on any atom is 0.339 e. The zero-order valence-corrected chi connectivity index (χ0v) is 9.74. The number of rotatable bonds is 6. The molecule has 0 atom stereocenters. The molecular weight excluding hydrogens is 242 g/mol. The van der Waals surface area contributed by atoms with Crippen molar-refractivity contribution in [2.45, 2.75) is 6.92 Å². The van der Waals surface area contributed by atoms with Gasteiger partial charge in [0.25, 0.3) is 5.69 Å². The molecule has 0 radical (unpaired) electrons. The molecule has 0 unspecified atom stereocenters. The highest BCUT2D eigenvalue weighted by Crippen LogP contribution is 2.22. The van der Waals surface area contributed by atoms with E-state index in [1.54, 1.807) is 6.92 Å². The van der Waals surface area contributed by atoms with E-state index in [2.05, 4.69) is 4.98 Å². The molecule has 0 fully saturated rings. The van der Waals surface area contributed by atoms with Gasteiger partial charge in [-0.05, 0) is 6.92 Å². The number of hydrogen-bond donors (Lipinski definition) is 2. The number of likely N-dealkylation sites (N-methyl/N-ethyl adjacent to an activating group) is 1. The van der Waals surface area contributed by atoms with Gasteiger partial charge in [0, 0.05) is 19.2 Å². The normalized spacial score (nSPS) is 10.1. The average Bonchev–Trinajstić information content (AvgIpc) is 2.35. The highest BCUT2D eigenvalue weighted by molar-refractivity contribution is 5.94. The molecule has 0 bridgehead atoms. The molecule has 2 N–H and O–H groups in total. The van der Waals surface area contributed by atoms with Gasteiger partial charge in [0.1, 0.15) is 17.6 Å². The number of nitrogens with zero attached hydrogens (tertiary/aromatic N) is 3. The summed E-state index contributed by atoms with van der Waals surface area (Å²) in [6.45, 7) is 2.25. The fourth-order valence-electron chi connectivity index (χ4n) is 1.49. The van der Waals surface area contributed by atoms with E-state index < -0.39 is 10.9 Å². The van der Waals surface area contributed by atoms with Crippen LogP contribution < -0.4 is 4.90 Å². The molecule has 0 aromatic carbocycles. The first-order valence-electron chi connectivity index (χ1n) is 5.24. The number of aromatic nitrogens is 1. The highest BCUT2D eigenvalue weighted by atomic mass is 16.6. The van der Waals surface area contributed by atoms with Crippen LogP contribution in [0.1, 0.15) is 17.3 Å². The van der Waals surface area contributed by atoms with Gasteiger partial charge in [-0.1, -0.05) is 0 Å². The number of aliphatic hydroxyl groups is 1. The second-order valence-corrected chi connectivity index (χ2v) is 3.43. The van der Waals surface area contributed by atoms with E-state index in [-0.39, 0.29) is 30.2 Å². The third-order valence-corrected chi connectivity index (χ3v) is 2.34. The van der Waals surface area contributed by atoms with Crippen LogP contribution in [-0.4, -0.2) is 45.8 Å². The molecule has 1 aromatic rings. The number of hydrogen-bond acceptors (Lipinski definition) is 6. The second kappa shape index (κ2) is 5.92. The topological polar surface area (TPSA) is 117 Å². The molecule has 8 nitrogen and oxygen atoms in total. The largest absolute Gasteiger partial charge is 0.478 e. The van der Waals surface area contributed by atoms with Crippen molar-refractivity contribution in [3.05, 3.63) is 27.9 Å². The number of pyridine rings is 1. The lowest BCUT2D eigenvalue weighted by atomic mass is 10.2. The number of carboxylic acid groups (broad SMARTS) is 1. The van der Waals surface area contributed by atoms with Crippen molar-refractivity contribution in [3.63, 3.8) is 0 Å². The minimum Gasteiger partial charge on any atom is -0.478 e. The minimum atomic E-state index is -1.29. The first-order chi connectivity index (χ1) is 8.51. The quantitative estimate of drug-likeness (QED) is 0.561. The number of carbonyl (C=O) groups is 1. The monoisotopic (exact) mass is 255 g/mol. The van der Waals surface area contributed by atoms with Gasteiger partial charge >= 0.3 is 5.97 Å². The average molecular weight is 255 g/mol. The molecule has 0 aliphatic carbocycles. The van der Waals surface area contributed by atoms with E-state index in [0.717, 1.165) is 12.3 Å². The summed E-state index contributed by atoms with van der Waals surface area (Å²) in [6, 6.07) is 0.963. The zero-order valence-electron chi connectivity index (χ0n) is 9.74. The van der Waals surface area contributed by atoms with Crippen molar-refractivity contribution in [1.29, 1.82) is 0 Å². The number of carboxylic acids is 1. The fraction of sp³-hybridized carbons (Fsp3) is 0.400. The first kappa shape index (κ1) is 13.8. The third-order valence-electron chi connectivity index (χ3n) is 2.34. The molecule has 0 saturated heterocycles. The Hall–Kier alpha value is -2.22. The van der Waals surface area contributed by atoms with Gasteiger partial charge in [0.15, 0.2) is 0 Å². The van der Waals surface area contributed by atoms with Crippen LogP contribution in [0.2, 0.25) is 0 Å². The van der Waals surface area contributed by atoms with Crippen molar-refractivity contribution in [2.24, 2.45) is 0 Å². The molecule has 0 aliphatic rings. The van der Waals surface area contributed by atoms with Crippen LogP contribution in [-0.2, 0) is 0 Å². The van der Waals surface area contributed by atoms with Gasteiger partial charge < -0.3 is 15.1 Å². The Morgan fingerprint density at radius 2 is 2.28 bits per heavy atom. The molecule has 0 aliphatic heterocycles. The molecule has 8 heteroatoms. The Morgan fingerprint density at radius 3 is 2.72 bits per heavy atom. The summed E-state index contributed by atoms with van der Waals surface area (Å²) in [5.41, 5.74) is -0.629. The van der Waals surface area contributed by atoms with Crippen molar-refractivity contribution in [1.82, 2.24) is 4.98 Å². The van der Waals surface area contributed by atoms with E-state index in [9.17, 15) is 14.9 Å². The van der Waals surface area contributed by atoms with Gasteiger partial charge in [-0.3, -0.25) is 10.1 Å². The maximum absolute atomic E-state index is 11.1. The lowest BCUT2D eigenvalue weighted by Gasteiger charge is -2.21. The predicted octanol–water partition coefficient (Wildman–Crippen LogP) is 0.507. The van der Waals surface area contributed by atoms with Gasteiger partial charge in [-0.15, -0.1) is 0 Å². The number of aliphatic hydroxyl groups excluding tert-OH is 1.